The van der Waals surface area contributed by atoms with Gasteiger partial charge in [-0.3, -0.25) is 0 Å². The molecular formula is C12H9N2O2S-. The van der Waals surface area contributed by atoms with Crippen LogP contribution in [0.2, 0.25) is 0 Å². The van der Waals surface area contributed by atoms with Crippen LogP contribution < -0.4 is 5.11 Å². The Kier molecular flexibility index (Phi) is 3.72. The normalized spacial score (nSPS) is 10.1. The van der Waals surface area contributed by atoms with Crippen LogP contribution in [0, 0.1) is 0 Å². The van der Waals surface area contributed by atoms with Gasteiger partial charge in [-0.25, -0.2) is 9.97 Å². The van der Waals surface area contributed by atoms with E-state index >= 15 is 0 Å². The average Bonchev–Trinajstić information content (AvgIpc) is 2.38. The molecule has 2 aromatic rings. The number of carbonyl (C=O) groups is 1. The molecule has 0 unspecified atom stereocenters. The smallest absolute Gasteiger partial charge is 0.187 e. The third-order valence-electron chi connectivity index (χ3n) is 2.10. The van der Waals surface area contributed by atoms with Crippen molar-refractivity contribution in [1.29, 1.82) is 0 Å². The largest absolute Gasteiger partial charge is 0.545 e. The van der Waals surface area contributed by atoms with Crippen molar-refractivity contribution in [1.82, 2.24) is 9.97 Å². The lowest BCUT2D eigenvalue weighted by Crippen LogP contribution is -2.21. The summed E-state index contributed by atoms with van der Waals surface area (Å²) in [4.78, 5) is 18.7. The lowest BCUT2D eigenvalue weighted by Gasteiger charge is -2.04. The van der Waals surface area contributed by atoms with Crippen molar-refractivity contribution in [2.75, 3.05) is 0 Å². The number of nitrogens with zero attached hydrogens (tertiary/aromatic N) is 2. The Labute approximate surface area is 103 Å². The van der Waals surface area contributed by atoms with Crippen LogP contribution in [0.3, 0.4) is 0 Å². The Hall–Kier alpha value is -1.88. The van der Waals surface area contributed by atoms with Crippen LogP contribution in [0.5, 0.6) is 0 Å². The summed E-state index contributed by atoms with van der Waals surface area (Å²) in [7, 11) is 0. The van der Waals surface area contributed by atoms with Crippen molar-refractivity contribution >= 4 is 17.7 Å². The number of aromatic nitrogens is 2. The monoisotopic (exact) mass is 245 g/mol. The van der Waals surface area contributed by atoms with Crippen LogP contribution in [-0.2, 0) is 5.75 Å². The van der Waals surface area contributed by atoms with Gasteiger partial charge in [-0.1, -0.05) is 36.0 Å². The Morgan fingerprint density at radius 3 is 2.41 bits per heavy atom. The van der Waals surface area contributed by atoms with Crippen LogP contribution in [0.25, 0.3) is 0 Å². The van der Waals surface area contributed by atoms with E-state index in [2.05, 4.69) is 9.97 Å². The van der Waals surface area contributed by atoms with Gasteiger partial charge in [0.2, 0.25) is 0 Å². The third kappa shape index (κ3) is 3.29. The SMILES string of the molecule is O=C([O-])c1ccc(CSc2ncccn2)cc1. The van der Waals surface area contributed by atoms with Crippen LogP contribution in [0.4, 0.5) is 0 Å². The number of carbonyl (C=O) groups excluding carboxylic acids is 1. The fourth-order valence-corrected chi connectivity index (χ4v) is 2.00. The standard InChI is InChI=1S/C12H10N2O2S/c15-11(16)10-4-2-9(3-5-10)8-17-12-13-6-1-7-14-12/h1-7H,8H2,(H,15,16)/p-1. The van der Waals surface area contributed by atoms with E-state index in [9.17, 15) is 9.90 Å². The molecule has 0 aliphatic carbocycles. The molecule has 17 heavy (non-hydrogen) atoms. The summed E-state index contributed by atoms with van der Waals surface area (Å²) in [5.41, 5.74) is 1.21. The molecule has 4 nitrogen and oxygen atoms in total. The zero-order chi connectivity index (χ0) is 12.1. The molecule has 2 rings (SSSR count). The number of benzene rings is 1. The van der Waals surface area contributed by atoms with Crippen molar-refractivity contribution in [2.24, 2.45) is 0 Å². The third-order valence-corrected chi connectivity index (χ3v) is 3.05. The van der Waals surface area contributed by atoms with E-state index < -0.39 is 5.97 Å². The second-order valence-corrected chi connectivity index (χ2v) is 4.25. The van der Waals surface area contributed by atoms with Gasteiger partial charge in [0.1, 0.15) is 0 Å². The van der Waals surface area contributed by atoms with Crippen molar-refractivity contribution in [3.05, 3.63) is 53.9 Å². The van der Waals surface area contributed by atoms with Crippen LogP contribution in [0.1, 0.15) is 15.9 Å². The number of rotatable bonds is 4. The summed E-state index contributed by atoms with van der Waals surface area (Å²) in [6.07, 6.45) is 3.38. The highest BCUT2D eigenvalue weighted by Crippen LogP contribution is 2.18. The molecular weight excluding hydrogens is 236 g/mol. The molecule has 5 heteroatoms. The minimum absolute atomic E-state index is 0.190. The van der Waals surface area contributed by atoms with E-state index in [0.29, 0.717) is 10.9 Å². The number of hydrogen-bond acceptors (Lipinski definition) is 5. The van der Waals surface area contributed by atoms with Crippen molar-refractivity contribution in [3.63, 3.8) is 0 Å². The van der Waals surface area contributed by atoms with Gasteiger partial charge < -0.3 is 9.90 Å². The number of hydrogen-bond donors (Lipinski definition) is 0. The first-order valence-electron chi connectivity index (χ1n) is 4.96. The highest BCUT2D eigenvalue weighted by atomic mass is 32.2. The quantitative estimate of drug-likeness (QED) is 0.596. The average molecular weight is 245 g/mol. The molecule has 0 aliphatic rings. The molecule has 0 saturated heterocycles. The molecule has 1 heterocycles. The van der Waals surface area contributed by atoms with Crippen molar-refractivity contribution < 1.29 is 9.90 Å². The van der Waals surface area contributed by atoms with Gasteiger partial charge in [0.05, 0.1) is 5.97 Å². The van der Waals surface area contributed by atoms with Gasteiger partial charge in [-0.05, 0) is 17.2 Å². The molecule has 0 atom stereocenters. The minimum atomic E-state index is -1.16. The number of carboxylic acid groups (broad SMARTS) is 1. The molecule has 0 N–H and O–H groups in total. The fourth-order valence-electron chi connectivity index (χ4n) is 1.24. The molecule has 0 bridgehead atoms. The summed E-state index contributed by atoms with van der Waals surface area (Å²) in [5, 5.41) is 11.3. The molecule has 0 amide bonds. The van der Waals surface area contributed by atoms with E-state index in [1.54, 1.807) is 30.6 Å². The summed E-state index contributed by atoms with van der Waals surface area (Å²) < 4.78 is 0. The maximum absolute atomic E-state index is 10.6. The highest BCUT2D eigenvalue weighted by molar-refractivity contribution is 7.98. The zero-order valence-corrected chi connectivity index (χ0v) is 9.68. The summed E-state index contributed by atoms with van der Waals surface area (Å²) in [6.45, 7) is 0. The van der Waals surface area contributed by atoms with Crippen LogP contribution >= 0.6 is 11.8 Å². The van der Waals surface area contributed by atoms with Gasteiger partial charge >= 0.3 is 0 Å². The summed E-state index contributed by atoms with van der Waals surface area (Å²) in [6, 6.07) is 8.37. The van der Waals surface area contributed by atoms with E-state index in [-0.39, 0.29) is 5.56 Å². The van der Waals surface area contributed by atoms with E-state index in [1.165, 1.54) is 23.9 Å². The Bertz CT molecular complexity index is 500. The molecule has 0 aliphatic heterocycles. The highest BCUT2D eigenvalue weighted by Gasteiger charge is 1.99. The van der Waals surface area contributed by atoms with Crippen molar-refractivity contribution in [3.8, 4) is 0 Å². The predicted octanol–water partition coefficient (Wildman–Crippen LogP) is 1.13. The second-order valence-electron chi connectivity index (χ2n) is 3.30. The van der Waals surface area contributed by atoms with Crippen LogP contribution in [0.15, 0.2) is 47.9 Å². The minimum Gasteiger partial charge on any atom is -0.545 e. The van der Waals surface area contributed by atoms with Crippen LogP contribution in [-0.4, -0.2) is 15.9 Å². The summed E-state index contributed by atoms with van der Waals surface area (Å²) >= 11 is 1.50. The maximum atomic E-state index is 10.6. The molecule has 0 saturated carbocycles. The van der Waals surface area contributed by atoms with Crippen molar-refractivity contribution in [2.45, 2.75) is 10.9 Å². The zero-order valence-electron chi connectivity index (χ0n) is 8.87. The molecule has 1 aromatic heterocycles. The predicted molar refractivity (Wildman–Crippen MR) is 62.4 cm³/mol. The van der Waals surface area contributed by atoms with Gasteiger partial charge in [-0.15, -0.1) is 0 Å². The van der Waals surface area contributed by atoms with Gasteiger partial charge in [0.15, 0.2) is 5.16 Å². The lowest BCUT2D eigenvalue weighted by atomic mass is 10.1. The lowest BCUT2D eigenvalue weighted by molar-refractivity contribution is -0.255. The van der Waals surface area contributed by atoms with E-state index in [1.807, 2.05) is 0 Å². The number of aromatic carboxylic acids is 1. The summed E-state index contributed by atoms with van der Waals surface area (Å²) in [5.74, 6) is -0.451. The molecule has 0 fully saturated rings. The number of carboxylic acids is 1. The second kappa shape index (κ2) is 5.45. The first-order valence-corrected chi connectivity index (χ1v) is 5.94. The molecule has 86 valence electrons. The number of thioether (sulfide) groups is 1. The first-order chi connectivity index (χ1) is 8.25. The Balaban J connectivity index is 1.98. The first kappa shape index (κ1) is 11.6. The van der Waals surface area contributed by atoms with E-state index in [4.69, 9.17) is 0 Å². The fraction of sp³-hybridized carbons (Fsp3) is 0.0833. The Morgan fingerprint density at radius 2 is 1.82 bits per heavy atom. The van der Waals surface area contributed by atoms with Gasteiger partial charge in [-0.2, -0.15) is 0 Å². The topological polar surface area (TPSA) is 65.9 Å². The van der Waals surface area contributed by atoms with E-state index in [0.717, 1.165) is 5.56 Å². The molecule has 0 radical (unpaired) electrons. The van der Waals surface area contributed by atoms with Gasteiger partial charge in [0, 0.05) is 18.1 Å². The molecule has 1 aromatic carbocycles. The Morgan fingerprint density at radius 1 is 1.18 bits per heavy atom. The molecule has 0 spiro atoms. The van der Waals surface area contributed by atoms with Gasteiger partial charge in [0.25, 0.3) is 0 Å². The maximum Gasteiger partial charge on any atom is 0.187 e.